The lowest BCUT2D eigenvalue weighted by Crippen LogP contribution is -2.51. The van der Waals surface area contributed by atoms with Crippen LogP contribution in [0.25, 0.3) is 0 Å². The highest BCUT2D eigenvalue weighted by Crippen LogP contribution is 2.27. The van der Waals surface area contributed by atoms with Gasteiger partial charge in [0.25, 0.3) is 5.91 Å². The molecular formula is C16H20N2O3. The van der Waals surface area contributed by atoms with Crippen LogP contribution >= 0.6 is 0 Å². The second-order valence-corrected chi connectivity index (χ2v) is 5.55. The van der Waals surface area contributed by atoms with E-state index in [2.05, 4.69) is 5.32 Å². The standard InChI is InChI=1S/C16H20N2O3/c1-17-15(19)13-4-2-3-8-18(13)16(20)12-5-6-14-11(10-12)7-9-21-14/h5-6,10,13H,2-4,7-9H2,1H3,(H,17,19). The van der Waals surface area contributed by atoms with Crippen molar-refractivity contribution in [2.75, 3.05) is 20.2 Å². The Kier molecular flexibility index (Phi) is 3.82. The summed E-state index contributed by atoms with van der Waals surface area (Å²) < 4.78 is 5.47. The molecule has 5 nitrogen and oxygen atoms in total. The highest BCUT2D eigenvalue weighted by Gasteiger charge is 2.32. The second-order valence-electron chi connectivity index (χ2n) is 5.55. The first-order valence-corrected chi connectivity index (χ1v) is 7.49. The zero-order chi connectivity index (χ0) is 14.8. The number of carbonyl (C=O) groups excluding carboxylic acids is 2. The van der Waals surface area contributed by atoms with Crippen molar-refractivity contribution in [3.05, 3.63) is 29.3 Å². The molecule has 1 N–H and O–H groups in total. The summed E-state index contributed by atoms with van der Waals surface area (Å²) >= 11 is 0. The van der Waals surface area contributed by atoms with Crippen LogP contribution in [-0.2, 0) is 11.2 Å². The fourth-order valence-electron chi connectivity index (χ4n) is 3.10. The van der Waals surface area contributed by atoms with E-state index in [-0.39, 0.29) is 17.9 Å². The van der Waals surface area contributed by atoms with Crippen molar-refractivity contribution in [2.45, 2.75) is 31.7 Å². The minimum Gasteiger partial charge on any atom is -0.493 e. The Hall–Kier alpha value is -2.04. The Morgan fingerprint density at radius 3 is 3.00 bits per heavy atom. The number of nitrogens with one attached hydrogen (secondary N) is 1. The van der Waals surface area contributed by atoms with Gasteiger partial charge in [0.2, 0.25) is 5.91 Å². The molecular weight excluding hydrogens is 268 g/mol. The maximum Gasteiger partial charge on any atom is 0.254 e. The molecule has 21 heavy (non-hydrogen) atoms. The molecule has 1 fully saturated rings. The molecule has 1 atom stereocenters. The number of carbonyl (C=O) groups is 2. The zero-order valence-electron chi connectivity index (χ0n) is 12.2. The van der Waals surface area contributed by atoms with Crippen molar-refractivity contribution in [1.82, 2.24) is 10.2 Å². The Bertz CT molecular complexity index is 571. The topological polar surface area (TPSA) is 58.6 Å². The van der Waals surface area contributed by atoms with Gasteiger partial charge in [-0.05, 0) is 43.0 Å². The van der Waals surface area contributed by atoms with Crippen molar-refractivity contribution in [1.29, 1.82) is 0 Å². The minimum absolute atomic E-state index is 0.0574. The monoisotopic (exact) mass is 288 g/mol. The number of hydrogen-bond acceptors (Lipinski definition) is 3. The van der Waals surface area contributed by atoms with Crippen LogP contribution in [-0.4, -0.2) is 43.0 Å². The molecule has 0 spiro atoms. The summed E-state index contributed by atoms with van der Waals surface area (Å²) in [5.74, 6) is 0.735. The number of ether oxygens (including phenoxy) is 1. The molecule has 112 valence electrons. The predicted octanol–water partition coefficient (Wildman–Crippen LogP) is 1.36. The number of rotatable bonds is 2. The summed E-state index contributed by atoms with van der Waals surface area (Å²) in [4.78, 5) is 26.4. The lowest BCUT2D eigenvalue weighted by Gasteiger charge is -2.34. The van der Waals surface area contributed by atoms with E-state index >= 15 is 0 Å². The molecule has 0 aromatic heterocycles. The summed E-state index contributed by atoms with van der Waals surface area (Å²) in [7, 11) is 1.62. The van der Waals surface area contributed by atoms with Gasteiger partial charge in [0.1, 0.15) is 11.8 Å². The van der Waals surface area contributed by atoms with Gasteiger partial charge in [-0.1, -0.05) is 0 Å². The van der Waals surface area contributed by atoms with Gasteiger partial charge in [0, 0.05) is 25.6 Å². The van der Waals surface area contributed by atoms with E-state index in [1.54, 1.807) is 18.0 Å². The van der Waals surface area contributed by atoms with E-state index in [0.717, 1.165) is 37.0 Å². The van der Waals surface area contributed by atoms with E-state index in [9.17, 15) is 9.59 Å². The normalized spacial score (nSPS) is 20.6. The van der Waals surface area contributed by atoms with Crippen LogP contribution in [0.4, 0.5) is 0 Å². The molecule has 1 saturated heterocycles. The molecule has 0 saturated carbocycles. The molecule has 0 radical (unpaired) electrons. The molecule has 2 amide bonds. The largest absolute Gasteiger partial charge is 0.493 e. The Balaban J connectivity index is 1.84. The van der Waals surface area contributed by atoms with Crippen molar-refractivity contribution in [2.24, 2.45) is 0 Å². The third kappa shape index (κ3) is 2.60. The van der Waals surface area contributed by atoms with Crippen molar-refractivity contribution >= 4 is 11.8 Å². The van der Waals surface area contributed by atoms with Crippen molar-refractivity contribution in [3.8, 4) is 5.75 Å². The summed E-state index contributed by atoms with van der Waals surface area (Å²) in [6.45, 7) is 1.32. The highest BCUT2D eigenvalue weighted by molar-refractivity contribution is 5.98. The molecule has 3 rings (SSSR count). The van der Waals surface area contributed by atoms with Crippen LogP contribution in [0, 0.1) is 0 Å². The summed E-state index contributed by atoms with van der Waals surface area (Å²) in [5.41, 5.74) is 1.73. The number of nitrogens with zero attached hydrogens (tertiary/aromatic N) is 1. The van der Waals surface area contributed by atoms with Crippen LogP contribution in [0.3, 0.4) is 0 Å². The second kappa shape index (κ2) is 5.76. The average molecular weight is 288 g/mol. The van der Waals surface area contributed by atoms with Gasteiger partial charge in [-0.3, -0.25) is 9.59 Å². The number of piperidine rings is 1. The molecule has 0 bridgehead atoms. The molecule has 2 aliphatic heterocycles. The van der Waals surface area contributed by atoms with E-state index in [1.165, 1.54) is 0 Å². The lowest BCUT2D eigenvalue weighted by atomic mass is 9.99. The number of hydrogen-bond donors (Lipinski definition) is 1. The molecule has 1 unspecified atom stereocenters. The molecule has 2 heterocycles. The van der Waals surface area contributed by atoms with Gasteiger partial charge in [-0.2, -0.15) is 0 Å². The Labute approximate surface area is 124 Å². The first-order valence-electron chi connectivity index (χ1n) is 7.49. The first kappa shape index (κ1) is 13.9. The van der Waals surface area contributed by atoms with Crippen LogP contribution in [0.2, 0.25) is 0 Å². The number of likely N-dealkylation sites (tertiary alicyclic amines) is 1. The predicted molar refractivity (Wildman–Crippen MR) is 78.4 cm³/mol. The maximum absolute atomic E-state index is 12.7. The lowest BCUT2D eigenvalue weighted by molar-refractivity contribution is -0.126. The highest BCUT2D eigenvalue weighted by atomic mass is 16.5. The molecule has 1 aromatic rings. The van der Waals surface area contributed by atoms with Crippen LogP contribution in [0.15, 0.2) is 18.2 Å². The Morgan fingerprint density at radius 1 is 1.33 bits per heavy atom. The fraction of sp³-hybridized carbons (Fsp3) is 0.500. The van der Waals surface area contributed by atoms with Gasteiger partial charge in [0.15, 0.2) is 0 Å². The van der Waals surface area contributed by atoms with Gasteiger partial charge < -0.3 is 15.0 Å². The average Bonchev–Trinajstić information content (AvgIpc) is 3.01. The molecule has 0 aliphatic carbocycles. The van der Waals surface area contributed by atoms with Crippen LogP contribution in [0.5, 0.6) is 5.75 Å². The van der Waals surface area contributed by atoms with E-state index in [1.807, 2.05) is 12.1 Å². The van der Waals surface area contributed by atoms with Gasteiger partial charge in [-0.15, -0.1) is 0 Å². The number of amides is 2. The Morgan fingerprint density at radius 2 is 2.19 bits per heavy atom. The SMILES string of the molecule is CNC(=O)C1CCCCN1C(=O)c1ccc2c(c1)CCO2. The third-order valence-electron chi connectivity index (χ3n) is 4.25. The van der Waals surface area contributed by atoms with Crippen LogP contribution < -0.4 is 10.1 Å². The third-order valence-corrected chi connectivity index (χ3v) is 4.25. The van der Waals surface area contributed by atoms with E-state index in [4.69, 9.17) is 4.74 Å². The number of fused-ring (bicyclic) bond motifs is 1. The zero-order valence-corrected chi connectivity index (χ0v) is 12.2. The molecule has 2 aliphatic rings. The van der Waals surface area contributed by atoms with Crippen molar-refractivity contribution in [3.63, 3.8) is 0 Å². The maximum atomic E-state index is 12.7. The summed E-state index contributed by atoms with van der Waals surface area (Å²) in [5, 5.41) is 2.66. The summed E-state index contributed by atoms with van der Waals surface area (Å²) in [6.07, 6.45) is 3.52. The number of benzene rings is 1. The first-order chi connectivity index (χ1) is 10.2. The van der Waals surface area contributed by atoms with Gasteiger partial charge in [-0.25, -0.2) is 0 Å². The minimum atomic E-state index is -0.347. The molecule has 1 aromatic carbocycles. The summed E-state index contributed by atoms with van der Waals surface area (Å²) in [6, 6.07) is 5.21. The quantitative estimate of drug-likeness (QED) is 0.894. The van der Waals surface area contributed by atoms with E-state index < -0.39 is 0 Å². The fourth-order valence-corrected chi connectivity index (χ4v) is 3.10. The van der Waals surface area contributed by atoms with Crippen molar-refractivity contribution < 1.29 is 14.3 Å². The van der Waals surface area contributed by atoms with Gasteiger partial charge >= 0.3 is 0 Å². The molecule has 5 heteroatoms. The smallest absolute Gasteiger partial charge is 0.254 e. The number of likely N-dealkylation sites (N-methyl/N-ethyl adjacent to an activating group) is 1. The van der Waals surface area contributed by atoms with Gasteiger partial charge in [0.05, 0.1) is 6.61 Å². The van der Waals surface area contributed by atoms with Crippen LogP contribution in [0.1, 0.15) is 35.2 Å². The van der Waals surface area contributed by atoms with E-state index in [0.29, 0.717) is 18.7 Å².